The maximum absolute atomic E-state index is 12.2. The molecule has 0 radical (unpaired) electrons. The number of hydrogen-bond acceptors (Lipinski definition) is 4. The number of benzene rings is 3. The quantitative estimate of drug-likeness (QED) is 0.463. The first-order valence-electron chi connectivity index (χ1n) is 9.26. The highest BCUT2D eigenvalue weighted by atomic mass is 35.5. The summed E-state index contributed by atoms with van der Waals surface area (Å²) < 4.78 is 30.6. The Bertz CT molecular complexity index is 1300. The Morgan fingerprint density at radius 3 is 2.37 bits per heavy atom. The van der Waals surface area contributed by atoms with E-state index < -0.39 is 10.0 Å². The van der Waals surface area contributed by atoms with Crippen LogP contribution in [-0.4, -0.2) is 13.4 Å². The van der Waals surface area contributed by atoms with Crippen LogP contribution >= 0.6 is 11.6 Å². The SMILES string of the molecule is Cc1cccc(Cl)c1-c1oc(Cc2ccccc2)nc1-c1ccccc1S(N)(=O)=O. The van der Waals surface area contributed by atoms with E-state index in [4.69, 9.17) is 21.2 Å². The highest BCUT2D eigenvalue weighted by Crippen LogP contribution is 2.40. The maximum atomic E-state index is 12.2. The highest BCUT2D eigenvalue weighted by Gasteiger charge is 2.25. The number of nitrogens with zero attached hydrogens (tertiary/aromatic N) is 1. The van der Waals surface area contributed by atoms with Crippen molar-refractivity contribution in [1.82, 2.24) is 4.98 Å². The van der Waals surface area contributed by atoms with Gasteiger partial charge in [0.1, 0.15) is 5.69 Å². The van der Waals surface area contributed by atoms with Crippen LogP contribution in [0, 0.1) is 6.92 Å². The van der Waals surface area contributed by atoms with Crippen molar-refractivity contribution in [2.75, 3.05) is 0 Å². The number of aromatic nitrogens is 1. The molecule has 0 atom stereocenters. The minimum absolute atomic E-state index is 0.0180. The summed E-state index contributed by atoms with van der Waals surface area (Å²) in [6.07, 6.45) is 0.453. The summed E-state index contributed by atoms with van der Waals surface area (Å²) in [4.78, 5) is 4.65. The van der Waals surface area contributed by atoms with Gasteiger partial charge in [0, 0.05) is 17.5 Å². The number of oxazole rings is 1. The standard InChI is InChI=1S/C23H19ClN2O3S/c1-15-8-7-12-18(24)21(15)23-22(17-11-5-6-13-19(17)30(25,27)28)26-20(29-23)14-16-9-3-2-4-10-16/h2-13H,14H2,1H3,(H2,25,27,28). The topological polar surface area (TPSA) is 86.2 Å². The fraction of sp³-hybridized carbons (Fsp3) is 0.0870. The lowest BCUT2D eigenvalue weighted by atomic mass is 10.0. The second-order valence-corrected chi connectivity index (χ2v) is 8.86. The van der Waals surface area contributed by atoms with Gasteiger partial charge in [-0.05, 0) is 30.2 Å². The first-order valence-corrected chi connectivity index (χ1v) is 11.2. The van der Waals surface area contributed by atoms with E-state index in [-0.39, 0.29) is 4.90 Å². The predicted molar refractivity (Wildman–Crippen MR) is 118 cm³/mol. The third-order valence-electron chi connectivity index (χ3n) is 4.77. The van der Waals surface area contributed by atoms with Crippen molar-refractivity contribution in [3.8, 4) is 22.6 Å². The van der Waals surface area contributed by atoms with Crippen LogP contribution in [0.3, 0.4) is 0 Å². The first-order chi connectivity index (χ1) is 14.3. The number of aryl methyl sites for hydroxylation is 1. The van der Waals surface area contributed by atoms with Crippen molar-refractivity contribution in [3.63, 3.8) is 0 Å². The van der Waals surface area contributed by atoms with Crippen LogP contribution < -0.4 is 5.14 Å². The number of primary sulfonamides is 1. The summed E-state index contributed by atoms with van der Waals surface area (Å²) in [6, 6.07) is 21.8. The predicted octanol–water partition coefficient (Wildman–Crippen LogP) is 5.21. The lowest BCUT2D eigenvalue weighted by Crippen LogP contribution is -2.13. The summed E-state index contributed by atoms with van der Waals surface area (Å²) in [5, 5.41) is 5.95. The van der Waals surface area contributed by atoms with Crippen LogP contribution in [0.25, 0.3) is 22.6 Å². The number of nitrogens with two attached hydrogens (primary N) is 1. The molecule has 2 N–H and O–H groups in total. The van der Waals surface area contributed by atoms with E-state index in [0.717, 1.165) is 11.1 Å². The van der Waals surface area contributed by atoms with Crippen molar-refractivity contribution >= 4 is 21.6 Å². The van der Waals surface area contributed by atoms with Crippen LogP contribution in [0.5, 0.6) is 0 Å². The summed E-state index contributed by atoms with van der Waals surface area (Å²) in [5.41, 5.74) is 3.34. The smallest absolute Gasteiger partial charge is 0.238 e. The van der Waals surface area contributed by atoms with Gasteiger partial charge in [0.25, 0.3) is 0 Å². The molecule has 4 aromatic rings. The fourth-order valence-corrected chi connectivity index (χ4v) is 4.44. The molecule has 3 aromatic carbocycles. The normalized spacial score (nSPS) is 11.6. The Kier molecular flexibility index (Phi) is 5.47. The van der Waals surface area contributed by atoms with Gasteiger partial charge in [-0.25, -0.2) is 18.5 Å². The van der Waals surface area contributed by atoms with Crippen molar-refractivity contribution in [1.29, 1.82) is 0 Å². The monoisotopic (exact) mass is 438 g/mol. The molecule has 0 aliphatic heterocycles. The van der Waals surface area contributed by atoms with Gasteiger partial charge in [-0.15, -0.1) is 0 Å². The largest absolute Gasteiger partial charge is 0.440 e. The van der Waals surface area contributed by atoms with Gasteiger partial charge in [0.05, 0.1) is 9.92 Å². The number of halogens is 1. The Hall–Kier alpha value is -2.93. The lowest BCUT2D eigenvalue weighted by molar-refractivity contribution is 0.519. The molecular formula is C23H19ClN2O3S. The Morgan fingerprint density at radius 1 is 0.967 bits per heavy atom. The molecule has 5 nitrogen and oxygen atoms in total. The molecule has 7 heteroatoms. The minimum atomic E-state index is -3.97. The highest BCUT2D eigenvalue weighted by molar-refractivity contribution is 7.89. The zero-order chi connectivity index (χ0) is 21.3. The Labute approximate surface area is 180 Å². The van der Waals surface area contributed by atoms with E-state index in [1.54, 1.807) is 24.3 Å². The van der Waals surface area contributed by atoms with E-state index >= 15 is 0 Å². The number of hydrogen-bond donors (Lipinski definition) is 1. The van der Waals surface area contributed by atoms with Gasteiger partial charge in [-0.2, -0.15) is 0 Å². The van der Waals surface area contributed by atoms with Gasteiger partial charge in [0.2, 0.25) is 10.0 Å². The van der Waals surface area contributed by atoms with Crippen molar-refractivity contribution in [3.05, 3.63) is 94.8 Å². The minimum Gasteiger partial charge on any atom is -0.440 e. The first kappa shape index (κ1) is 20.3. The van der Waals surface area contributed by atoms with E-state index in [9.17, 15) is 8.42 Å². The zero-order valence-corrected chi connectivity index (χ0v) is 17.7. The number of rotatable bonds is 5. The second-order valence-electron chi connectivity index (χ2n) is 6.92. The Balaban J connectivity index is 1.96. The third kappa shape index (κ3) is 4.03. The molecule has 0 amide bonds. The van der Waals surface area contributed by atoms with Gasteiger partial charge in [-0.3, -0.25) is 0 Å². The molecule has 0 unspecified atom stereocenters. The van der Waals surface area contributed by atoms with Gasteiger partial charge in [0.15, 0.2) is 11.7 Å². The van der Waals surface area contributed by atoms with E-state index in [0.29, 0.717) is 39.9 Å². The molecule has 0 fully saturated rings. The van der Waals surface area contributed by atoms with Crippen molar-refractivity contribution < 1.29 is 12.8 Å². The van der Waals surface area contributed by atoms with Crippen LogP contribution in [0.1, 0.15) is 17.0 Å². The summed E-state index contributed by atoms with van der Waals surface area (Å²) in [5.74, 6) is 0.870. The van der Waals surface area contributed by atoms with Gasteiger partial charge < -0.3 is 4.42 Å². The third-order valence-corrected chi connectivity index (χ3v) is 6.05. The molecule has 1 aromatic heterocycles. The molecule has 0 bridgehead atoms. The molecule has 0 saturated heterocycles. The molecule has 0 spiro atoms. The van der Waals surface area contributed by atoms with Crippen LogP contribution in [-0.2, 0) is 16.4 Å². The van der Waals surface area contributed by atoms with Crippen molar-refractivity contribution in [2.45, 2.75) is 18.2 Å². The van der Waals surface area contributed by atoms with Crippen molar-refractivity contribution in [2.24, 2.45) is 5.14 Å². The molecule has 0 saturated carbocycles. The van der Waals surface area contributed by atoms with E-state index in [1.165, 1.54) is 6.07 Å². The van der Waals surface area contributed by atoms with Gasteiger partial charge in [-0.1, -0.05) is 72.3 Å². The summed E-state index contributed by atoms with van der Waals surface area (Å²) >= 11 is 6.49. The molecule has 0 aliphatic rings. The van der Waals surface area contributed by atoms with Crippen LogP contribution in [0.4, 0.5) is 0 Å². The van der Waals surface area contributed by atoms with Gasteiger partial charge >= 0.3 is 0 Å². The summed E-state index contributed by atoms with van der Waals surface area (Å²) in [6.45, 7) is 1.91. The molecule has 4 rings (SSSR count). The average molecular weight is 439 g/mol. The summed E-state index contributed by atoms with van der Waals surface area (Å²) in [7, 11) is -3.97. The molecule has 30 heavy (non-hydrogen) atoms. The zero-order valence-electron chi connectivity index (χ0n) is 16.2. The molecule has 0 aliphatic carbocycles. The second kappa shape index (κ2) is 8.07. The molecular weight excluding hydrogens is 420 g/mol. The van der Waals surface area contributed by atoms with E-state index in [1.807, 2.05) is 49.4 Å². The van der Waals surface area contributed by atoms with Crippen LogP contribution in [0.15, 0.2) is 82.1 Å². The van der Waals surface area contributed by atoms with E-state index in [2.05, 4.69) is 4.98 Å². The van der Waals surface area contributed by atoms with Crippen LogP contribution in [0.2, 0.25) is 5.02 Å². The fourth-order valence-electron chi connectivity index (χ4n) is 3.39. The average Bonchev–Trinajstić information content (AvgIpc) is 3.11. The molecule has 1 heterocycles. The Morgan fingerprint density at radius 2 is 1.67 bits per heavy atom. The lowest BCUT2D eigenvalue weighted by Gasteiger charge is -2.09. The number of sulfonamides is 1. The molecule has 152 valence electrons. The maximum Gasteiger partial charge on any atom is 0.238 e.